The molecule has 2 aromatic carbocycles. The summed E-state index contributed by atoms with van der Waals surface area (Å²) in [5, 5.41) is 0. The molecule has 6 heteroatoms. The maximum atomic E-state index is 12.2. The van der Waals surface area contributed by atoms with E-state index in [0.717, 1.165) is 12.1 Å². The first-order valence-electron chi connectivity index (χ1n) is 6.55. The van der Waals surface area contributed by atoms with E-state index in [0.29, 0.717) is 29.9 Å². The first-order valence-corrected chi connectivity index (χ1v) is 6.55. The van der Waals surface area contributed by atoms with E-state index in [4.69, 9.17) is 10.5 Å². The number of primary amides is 1. The summed E-state index contributed by atoms with van der Waals surface area (Å²) in [7, 11) is 0. The van der Waals surface area contributed by atoms with E-state index in [2.05, 4.69) is 0 Å². The Bertz CT molecular complexity index is 654. The molecular weight excluding hydrogens is 295 g/mol. The molecule has 1 aliphatic heterocycles. The van der Waals surface area contributed by atoms with Gasteiger partial charge < -0.3 is 10.5 Å². The monoisotopic (exact) mass is 309 g/mol. The van der Waals surface area contributed by atoms with Gasteiger partial charge in [0.2, 0.25) is 5.91 Å². The molecule has 0 fully saturated rings. The van der Waals surface area contributed by atoms with Crippen molar-refractivity contribution in [2.24, 2.45) is 5.73 Å². The molecule has 0 radical (unpaired) electrons. The van der Waals surface area contributed by atoms with Crippen molar-refractivity contribution in [2.75, 3.05) is 6.61 Å². The number of ether oxygens (including phenoxy) is 1. The average Bonchev–Trinajstić information content (AvgIpc) is 2.95. The first kappa shape index (κ1) is 15.9. The number of benzene rings is 2. The molecule has 0 spiro atoms. The zero-order valence-corrected chi connectivity index (χ0v) is 11.6. The van der Waals surface area contributed by atoms with Gasteiger partial charge in [0.05, 0.1) is 12.2 Å². The Labute approximate surface area is 125 Å². The van der Waals surface area contributed by atoms with E-state index in [-0.39, 0.29) is 5.91 Å². The van der Waals surface area contributed by atoms with E-state index >= 15 is 0 Å². The lowest BCUT2D eigenvalue weighted by Crippen LogP contribution is -2.09. The van der Waals surface area contributed by atoms with Crippen LogP contribution in [0.15, 0.2) is 48.5 Å². The maximum Gasteiger partial charge on any atom is 0.416 e. The molecule has 116 valence electrons. The van der Waals surface area contributed by atoms with Gasteiger partial charge in [-0.2, -0.15) is 13.2 Å². The Morgan fingerprint density at radius 3 is 2.32 bits per heavy atom. The van der Waals surface area contributed by atoms with Gasteiger partial charge in [0, 0.05) is 12.0 Å². The first-order chi connectivity index (χ1) is 10.4. The van der Waals surface area contributed by atoms with E-state index in [1.54, 1.807) is 24.3 Å². The summed E-state index contributed by atoms with van der Waals surface area (Å²) in [6, 6.07) is 12.3. The summed E-state index contributed by atoms with van der Waals surface area (Å²) in [5.41, 5.74) is 5.58. The van der Waals surface area contributed by atoms with Gasteiger partial charge in [-0.05, 0) is 35.9 Å². The van der Waals surface area contributed by atoms with Gasteiger partial charge in [0.1, 0.15) is 5.75 Å². The van der Waals surface area contributed by atoms with Gasteiger partial charge in [0.15, 0.2) is 0 Å². The van der Waals surface area contributed by atoms with Crippen molar-refractivity contribution in [3.05, 3.63) is 65.2 Å². The van der Waals surface area contributed by atoms with Crippen molar-refractivity contribution >= 4 is 5.91 Å². The number of amides is 1. The van der Waals surface area contributed by atoms with Crippen molar-refractivity contribution in [1.82, 2.24) is 0 Å². The number of nitrogens with two attached hydrogens (primary N) is 1. The lowest BCUT2D eigenvalue weighted by atomic mass is 10.1. The molecular formula is C16H14F3NO2. The summed E-state index contributed by atoms with van der Waals surface area (Å²) in [6.07, 6.45) is -3.68. The highest BCUT2D eigenvalue weighted by Crippen LogP contribution is 2.34. The number of alkyl halides is 3. The number of fused-ring (bicyclic) bond motifs is 1. The van der Waals surface area contributed by atoms with Gasteiger partial charge in [0.25, 0.3) is 0 Å². The summed E-state index contributed by atoms with van der Waals surface area (Å²) < 4.78 is 41.7. The van der Waals surface area contributed by atoms with Crippen LogP contribution in [0.5, 0.6) is 5.75 Å². The lowest BCUT2D eigenvalue weighted by Gasteiger charge is -2.07. The highest BCUT2D eigenvalue weighted by Gasteiger charge is 2.31. The fourth-order valence-corrected chi connectivity index (χ4v) is 1.97. The Kier molecular flexibility index (Phi) is 4.70. The van der Waals surface area contributed by atoms with Crippen molar-refractivity contribution < 1.29 is 22.7 Å². The smallest absolute Gasteiger partial charge is 0.416 e. The minimum absolute atomic E-state index is 0.379. The van der Waals surface area contributed by atoms with Crippen LogP contribution in [-0.2, 0) is 12.6 Å². The molecule has 0 atom stereocenters. The van der Waals surface area contributed by atoms with E-state index in [1.807, 2.05) is 6.07 Å². The van der Waals surface area contributed by atoms with Crippen molar-refractivity contribution in [1.29, 1.82) is 0 Å². The fraction of sp³-hybridized carbons (Fsp3) is 0.188. The number of carbonyl (C=O) groups is 1. The number of rotatable bonds is 1. The predicted octanol–water partition coefficient (Wildman–Crippen LogP) is 3.43. The van der Waals surface area contributed by atoms with Crippen LogP contribution in [-0.4, -0.2) is 12.5 Å². The zero-order chi connectivity index (χ0) is 16.2. The number of hydrogen-bond donors (Lipinski definition) is 1. The largest absolute Gasteiger partial charge is 0.493 e. The second-order valence-electron chi connectivity index (χ2n) is 4.65. The van der Waals surface area contributed by atoms with Crippen molar-refractivity contribution in [2.45, 2.75) is 12.6 Å². The average molecular weight is 309 g/mol. The van der Waals surface area contributed by atoms with Crippen LogP contribution < -0.4 is 10.5 Å². The third-order valence-corrected chi connectivity index (χ3v) is 3.08. The van der Waals surface area contributed by atoms with Crippen molar-refractivity contribution in [3.63, 3.8) is 0 Å². The molecule has 22 heavy (non-hydrogen) atoms. The number of halogens is 3. The Balaban J connectivity index is 0.000000172. The highest BCUT2D eigenvalue weighted by molar-refractivity contribution is 5.92. The topological polar surface area (TPSA) is 52.3 Å². The second kappa shape index (κ2) is 6.51. The summed E-state index contributed by atoms with van der Waals surface area (Å²) >= 11 is 0. The normalized spacial score (nSPS) is 12.7. The van der Waals surface area contributed by atoms with Crippen LogP contribution in [0.2, 0.25) is 0 Å². The van der Waals surface area contributed by atoms with Gasteiger partial charge >= 0.3 is 6.18 Å². The van der Waals surface area contributed by atoms with Crippen LogP contribution in [0.3, 0.4) is 0 Å². The molecule has 1 amide bonds. The second-order valence-corrected chi connectivity index (χ2v) is 4.65. The molecule has 3 rings (SSSR count). The van der Waals surface area contributed by atoms with Gasteiger partial charge in [-0.25, -0.2) is 0 Å². The molecule has 0 aromatic heterocycles. The molecule has 0 bridgehead atoms. The van der Waals surface area contributed by atoms with E-state index < -0.39 is 11.7 Å². The predicted molar refractivity (Wildman–Crippen MR) is 75.6 cm³/mol. The molecule has 1 heterocycles. The molecule has 2 aromatic rings. The van der Waals surface area contributed by atoms with Crippen LogP contribution in [0.4, 0.5) is 13.2 Å². The fourth-order valence-electron chi connectivity index (χ4n) is 1.97. The SMILES string of the molecule is FC(F)(F)c1ccc2c(c1)CCO2.NC(=O)c1ccccc1. The number of carbonyl (C=O) groups excluding carboxylic acids is 1. The van der Waals surface area contributed by atoms with Crippen LogP contribution in [0.1, 0.15) is 21.5 Å². The standard InChI is InChI=1S/C9H7F3O.C7H7NO/c10-9(11,12)7-1-2-8-6(5-7)3-4-13-8;8-7(9)6-4-2-1-3-5-6/h1-2,5H,3-4H2;1-5H,(H2,8,9). The molecule has 0 unspecified atom stereocenters. The maximum absolute atomic E-state index is 12.2. The summed E-state index contributed by atoms with van der Waals surface area (Å²) in [5.74, 6) is 0.198. The quantitative estimate of drug-likeness (QED) is 0.877. The Morgan fingerprint density at radius 2 is 1.77 bits per heavy atom. The van der Waals surface area contributed by atoms with Crippen LogP contribution >= 0.6 is 0 Å². The lowest BCUT2D eigenvalue weighted by molar-refractivity contribution is -0.137. The van der Waals surface area contributed by atoms with Gasteiger partial charge in [-0.3, -0.25) is 4.79 Å². The molecule has 3 nitrogen and oxygen atoms in total. The van der Waals surface area contributed by atoms with Gasteiger partial charge in [-0.15, -0.1) is 0 Å². The number of hydrogen-bond acceptors (Lipinski definition) is 2. The molecule has 0 aliphatic carbocycles. The third-order valence-electron chi connectivity index (χ3n) is 3.08. The Morgan fingerprint density at radius 1 is 1.09 bits per heavy atom. The van der Waals surface area contributed by atoms with E-state index in [9.17, 15) is 18.0 Å². The van der Waals surface area contributed by atoms with E-state index in [1.165, 1.54) is 6.07 Å². The Hall–Kier alpha value is -2.50. The minimum Gasteiger partial charge on any atom is -0.493 e. The molecule has 2 N–H and O–H groups in total. The molecule has 1 aliphatic rings. The van der Waals surface area contributed by atoms with Gasteiger partial charge in [-0.1, -0.05) is 18.2 Å². The highest BCUT2D eigenvalue weighted by atomic mass is 19.4. The summed E-state index contributed by atoms with van der Waals surface area (Å²) in [6.45, 7) is 0.483. The zero-order valence-electron chi connectivity index (χ0n) is 11.6. The minimum atomic E-state index is -4.25. The van der Waals surface area contributed by atoms with Crippen LogP contribution in [0, 0.1) is 0 Å². The molecule has 0 saturated heterocycles. The summed E-state index contributed by atoms with van der Waals surface area (Å²) in [4.78, 5) is 10.4. The third kappa shape index (κ3) is 4.00. The van der Waals surface area contributed by atoms with Crippen molar-refractivity contribution in [3.8, 4) is 5.75 Å². The van der Waals surface area contributed by atoms with Crippen LogP contribution in [0.25, 0.3) is 0 Å². The molecule has 0 saturated carbocycles.